The van der Waals surface area contributed by atoms with Crippen molar-refractivity contribution in [1.82, 2.24) is 4.98 Å². The van der Waals surface area contributed by atoms with Crippen LogP contribution in [0.1, 0.15) is 21.6 Å². The third-order valence-electron chi connectivity index (χ3n) is 3.37. The van der Waals surface area contributed by atoms with E-state index in [0.717, 1.165) is 12.1 Å². The smallest absolute Gasteiger partial charge is 0.257 e. The van der Waals surface area contributed by atoms with E-state index >= 15 is 0 Å². The summed E-state index contributed by atoms with van der Waals surface area (Å²) >= 11 is 5.81. The molecule has 0 saturated carbocycles. The van der Waals surface area contributed by atoms with E-state index in [1.807, 2.05) is 6.07 Å². The van der Waals surface area contributed by atoms with E-state index in [-0.39, 0.29) is 10.6 Å². The van der Waals surface area contributed by atoms with Crippen molar-refractivity contribution in [2.75, 3.05) is 5.32 Å². The van der Waals surface area contributed by atoms with Crippen LogP contribution in [0.2, 0.25) is 5.02 Å². The molecule has 0 aliphatic carbocycles. The number of carbonyl (C=O) groups is 1. The number of hydrogen-bond acceptors (Lipinski definition) is 2. The van der Waals surface area contributed by atoms with Crippen molar-refractivity contribution in [3.05, 3.63) is 94.3 Å². The van der Waals surface area contributed by atoms with Crippen LogP contribution >= 0.6 is 11.6 Å². The number of carbonyl (C=O) groups excluding carboxylic acids is 1. The lowest BCUT2D eigenvalue weighted by Crippen LogP contribution is -2.13. The number of pyridine rings is 1. The molecule has 1 aromatic heterocycles. The average Bonchev–Trinajstić information content (AvgIpc) is 2.64. The fraction of sp³-hybridized carbons (Fsp3) is 0. The Hall–Kier alpha value is -3.23. The lowest BCUT2D eigenvalue weighted by Gasteiger charge is -2.08. The molecule has 0 unspecified atom stereocenters. The van der Waals surface area contributed by atoms with E-state index in [1.165, 1.54) is 0 Å². The van der Waals surface area contributed by atoms with E-state index in [4.69, 9.17) is 11.6 Å². The van der Waals surface area contributed by atoms with Gasteiger partial charge in [-0.25, -0.2) is 13.8 Å². The van der Waals surface area contributed by atoms with Gasteiger partial charge in [-0.3, -0.25) is 4.79 Å². The SMILES string of the molecule is O=C(Nc1cccc(C#Cc2ccccn2)c1)c1cc(F)c(F)cc1Cl. The molecule has 3 nitrogen and oxygen atoms in total. The summed E-state index contributed by atoms with van der Waals surface area (Å²) in [4.78, 5) is 16.4. The molecule has 0 atom stereocenters. The molecular formula is C20H11ClF2N2O. The summed E-state index contributed by atoms with van der Waals surface area (Å²) in [5, 5.41) is 2.41. The van der Waals surface area contributed by atoms with Gasteiger partial charge in [0, 0.05) is 17.4 Å². The predicted octanol–water partition coefficient (Wildman–Crippen LogP) is 4.67. The largest absolute Gasteiger partial charge is 0.322 e. The summed E-state index contributed by atoms with van der Waals surface area (Å²) in [5.41, 5.74) is 1.57. The minimum Gasteiger partial charge on any atom is -0.322 e. The van der Waals surface area contributed by atoms with E-state index < -0.39 is 17.5 Å². The molecule has 0 bridgehead atoms. The van der Waals surface area contributed by atoms with Crippen LogP contribution in [-0.2, 0) is 0 Å². The van der Waals surface area contributed by atoms with Gasteiger partial charge >= 0.3 is 0 Å². The molecule has 1 heterocycles. The van der Waals surface area contributed by atoms with Crippen molar-refractivity contribution >= 4 is 23.2 Å². The zero-order chi connectivity index (χ0) is 18.5. The van der Waals surface area contributed by atoms with Crippen molar-refractivity contribution < 1.29 is 13.6 Å². The molecule has 6 heteroatoms. The molecule has 128 valence electrons. The van der Waals surface area contributed by atoms with Crippen LogP contribution in [0.4, 0.5) is 14.5 Å². The monoisotopic (exact) mass is 368 g/mol. The first-order valence-corrected chi connectivity index (χ1v) is 7.90. The molecule has 3 aromatic rings. The molecule has 0 saturated heterocycles. The van der Waals surface area contributed by atoms with Crippen LogP contribution in [0.5, 0.6) is 0 Å². The van der Waals surface area contributed by atoms with Gasteiger partial charge < -0.3 is 5.32 Å². The minimum absolute atomic E-state index is 0.157. The Kier molecular flexibility index (Phi) is 5.26. The standard InChI is InChI=1S/C20H11ClF2N2O/c21-17-12-19(23)18(22)11-16(17)20(26)25-15-6-3-4-13(10-15)7-8-14-5-1-2-9-24-14/h1-6,9-12H,(H,25,26). The Balaban J connectivity index is 1.80. The highest BCUT2D eigenvalue weighted by atomic mass is 35.5. The number of nitrogens with zero attached hydrogens (tertiary/aromatic N) is 1. The number of nitrogens with one attached hydrogen (secondary N) is 1. The number of hydrogen-bond donors (Lipinski definition) is 1. The Bertz CT molecular complexity index is 1030. The molecule has 3 rings (SSSR count). The maximum absolute atomic E-state index is 13.3. The zero-order valence-corrected chi connectivity index (χ0v) is 14.0. The highest BCUT2D eigenvalue weighted by molar-refractivity contribution is 6.34. The molecule has 0 aliphatic heterocycles. The lowest BCUT2D eigenvalue weighted by molar-refractivity contribution is 0.102. The maximum atomic E-state index is 13.3. The van der Waals surface area contributed by atoms with Crippen molar-refractivity contribution in [3.63, 3.8) is 0 Å². The van der Waals surface area contributed by atoms with Gasteiger partial charge in [-0.1, -0.05) is 29.7 Å². The Labute approximate surface area is 153 Å². The Morgan fingerprint density at radius 1 is 1.00 bits per heavy atom. The van der Waals surface area contributed by atoms with Gasteiger partial charge in [0.2, 0.25) is 0 Å². The quantitative estimate of drug-likeness (QED) is 0.528. The molecule has 0 spiro atoms. The fourth-order valence-corrected chi connectivity index (χ4v) is 2.38. The number of benzene rings is 2. The van der Waals surface area contributed by atoms with Crippen LogP contribution in [0, 0.1) is 23.5 Å². The van der Waals surface area contributed by atoms with Crippen LogP contribution < -0.4 is 5.32 Å². The molecule has 0 aliphatic rings. The summed E-state index contributed by atoms with van der Waals surface area (Å²) in [6.07, 6.45) is 1.65. The molecule has 26 heavy (non-hydrogen) atoms. The second kappa shape index (κ2) is 7.77. The molecule has 2 aromatic carbocycles. The zero-order valence-electron chi connectivity index (χ0n) is 13.3. The van der Waals surface area contributed by atoms with Crippen molar-refractivity contribution in [2.45, 2.75) is 0 Å². The van der Waals surface area contributed by atoms with Crippen molar-refractivity contribution in [3.8, 4) is 11.8 Å². The van der Waals surface area contributed by atoms with Gasteiger partial charge in [-0.15, -0.1) is 0 Å². The van der Waals surface area contributed by atoms with Crippen LogP contribution in [0.3, 0.4) is 0 Å². The summed E-state index contributed by atoms with van der Waals surface area (Å²) in [6, 6.07) is 13.7. The van der Waals surface area contributed by atoms with Crippen LogP contribution in [0.15, 0.2) is 60.8 Å². The summed E-state index contributed by atoms with van der Waals surface area (Å²) in [6.45, 7) is 0. The highest BCUT2D eigenvalue weighted by Gasteiger charge is 2.15. The summed E-state index contributed by atoms with van der Waals surface area (Å²) < 4.78 is 26.5. The van der Waals surface area contributed by atoms with E-state index in [0.29, 0.717) is 16.9 Å². The number of rotatable bonds is 2. The number of aromatic nitrogens is 1. The minimum atomic E-state index is -1.14. The van der Waals surface area contributed by atoms with Gasteiger partial charge in [-0.05, 0) is 48.4 Å². The molecular weight excluding hydrogens is 358 g/mol. The van der Waals surface area contributed by atoms with E-state index in [9.17, 15) is 13.6 Å². The first-order valence-electron chi connectivity index (χ1n) is 7.52. The number of halogens is 3. The summed E-state index contributed by atoms with van der Waals surface area (Å²) in [5.74, 6) is 2.95. The van der Waals surface area contributed by atoms with E-state index in [1.54, 1.807) is 42.6 Å². The molecule has 1 N–H and O–H groups in total. The second-order valence-electron chi connectivity index (χ2n) is 5.25. The number of amides is 1. The number of anilines is 1. The first-order chi connectivity index (χ1) is 12.5. The van der Waals surface area contributed by atoms with Crippen molar-refractivity contribution in [1.29, 1.82) is 0 Å². The van der Waals surface area contributed by atoms with Gasteiger partial charge in [0.25, 0.3) is 5.91 Å². The average molecular weight is 369 g/mol. The van der Waals surface area contributed by atoms with Crippen LogP contribution in [-0.4, -0.2) is 10.9 Å². The van der Waals surface area contributed by atoms with Crippen molar-refractivity contribution in [2.24, 2.45) is 0 Å². The topological polar surface area (TPSA) is 42.0 Å². The summed E-state index contributed by atoms with van der Waals surface area (Å²) in [7, 11) is 0. The Morgan fingerprint density at radius 2 is 1.81 bits per heavy atom. The highest BCUT2D eigenvalue weighted by Crippen LogP contribution is 2.21. The van der Waals surface area contributed by atoms with E-state index in [2.05, 4.69) is 22.1 Å². The maximum Gasteiger partial charge on any atom is 0.257 e. The second-order valence-corrected chi connectivity index (χ2v) is 5.65. The molecule has 0 fully saturated rings. The van der Waals surface area contributed by atoms with Gasteiger partial charge in [-0.2, -0.15) is 0 Å². The third kappa shape index (κ3) is 4.24. The van der Waals surface area contributed by atoms with Crippen LogP contribution in [0.25, 0.3) is 0 Å². The fourth-order valence-electron chi connectivity index (χ4n) is 2.14. The van der Waals surface area contributed by atoms with Gasteiger partial charge in [0.05, 0.1) is 10.6 Å². The molecule has 1 amide bonds. The first kappa shape index (κ1) is 17.6. The Morgan fingerprint density at radius 3 is 2.58 bits per heavy atom. The lowest BCUT2D eigenvalue weighted by atomic mass is 10.1. The third-order valence-corrected chi connectivity index (χ3v) is 3.69. The van der Waals surface area contributed by atoms with Gasteiger partial charge in [0.1, 0.15) is 5.69 Å². The van der Waals surface area contributed by atoms with Gasteiger partial charge in [0.15, 0.2) is 11.6 Å². The normalized spacial score (nSPS) is 9.96. The molecule has 0 radical (unpaired) electrons. The predicted molar refractivity (Wildman–Crippen MR) is 96.0 cm³/mol.